The van der Waals surface area contributed by atoms with Crippen molar-refractivity contribution in [3.8, 4) is 0 Å². The molecule has 0 radical (unpaired) electrons. The average molecular weight is 313 g/mol. The lowest BCUT2D eigenvalue weighted by molar-refractivity contribution is -0.114. The first-order valence-electron chi connectivity index (χ1n) is 7.14. The highest BCUT2D eigenvalue weighted by molar-refractivity contribution is 7.99. The smallest absolute Gasteiger partial charge is 0.250 e. The van der Waals surface area contributed by atoms with E-state index in [0.29, 0.717) is 6.54 Å². The molecule has 0 fully saturated rings. The molecule has 1 atom stereocenters. The maximum atomic E-state index is 13.1. The van der Waals surface area contributed by atoms with Gasteiger partial charge in [0, 0.05) is 16.7 Å². The normalized spacial score (nSPS) is 17.5. The molecule has 0 saturated heterocycles. The van der Waals surface area contributed by atoms with Gasteiger partial charge in [-0.25, -0.2) is 4.39 Å². The van der Waals surface area contributed by atoms with E-state index in [4.69, 9.17) is 0 Å². The highest BCUT2D eigenvalue weighted by atomic mass is 32.2. The van der Waals surface area contributed by atoms with Crippen molar-refractivity contribution in [1.29, 1.82) is 0 Å². The molecule has 22 heavy (non-hydrogen) atoms. The molecule has 1 aliphatic heterocycles. The number of carbonyl (C=O) groups excluding carboxylic acids is 1. The number of hydrogen-bond acceptors (Lipinski definition) is 2. The topological polar surface area (TPSA) is 20.3 Å². The Balaban J connectivity index is 1.96. The van der Waals surface area contributed by atoms with E-state index < -0.39 is 0 Å². The Morgan fingerprint density at radius 2 is 1.95 bits per heavy atom. The minimum Gasteiger partial charge on any atom is -0.308 e. The summed E-state index contributed by atoms with van der Waals surface area (Å²) in [5, 5.41) is 0.198. The predicted octanol–water partition coefficient (Wildman–Crippen LogP) is 4.58. The van der Waals surface area contributed by atoms with Gasteiger partial charge in [0.1, 0.15) is 5.82 Å². The zero-order chi connectivity index (χ0) is 15.5. The first kappa shape index (κ1) is 14.9. The van der Waals surface area contributed by atoms with E-state index in [1.807, 2.05) is 36.4 Å². The summed E-state index contributed by atoms with van der Waals surface area (Å²) in [4.78, 5) is 14.9. The standard InChI is InChI=1S/C18H16FNOS/c1-2-18(21)20-12-11-16(13-7-9-14(19)10-8-13)22-17-6-4-3-5-15(17)20/h2-10,16H,1,11-12H2. The number of halogens is 1. The number of nitrogens with zero attached hydrogens (tertiary/aromatic N) is 1. The van der Waals surface area contributed by atoms with Crippen LogP contribution in [0.2, 0.25) is 0 Å². The summed E-state index contributed by atoms with van der Waals surface area (Å²) in [7, 11) is 0. The zero-order valence-electron chi connectivity index (χ0n) is 12.0. The fraction of sp³-hybridized carbons (Fsp3) is 0.167. The summed E-state index contributed by atoms with van der Waals surface area (Å²) in [5.74, 6) is -0.320. The maximum absolute atomic E-state index is 13.1. The van der Waals surface area contributed by atoms with E-state index >= 15 is 0 Å². The van der Waals surface area contributed by atoms with Crippen LogP contribution >= 0.6 is 11.8 Å². The van der Waals surface area contributed by atoms with Crippen molar-refractivity contribution < 1.29 is 9.18 Å². The molecule has 2 aromatic rings. The molecule has 1 aliphatic rings. The van der Waals surface area contributed by atoms with Crippen LogP contribution < -0.4 is 4.90 Å². The Bertz CT molecular complexity index is 698. The average Bonchev–Trinajstić information content (AvgIpc) is 2.74. The molecule has 112 valence electrons. The molecule has 0 saturated carbocycles. The van der Waals surface area contributed by atoms with Gasteiger partial charge in [-0.15, -0.1) is 11.8 Å². The molecule has 0 spiro atoms. The molecule has 0 aromatic heterocycles. The third kappa shape index (κ3) is 2.92. The van der Waals surface area contributed by atoms with E-state index in [1.165, 1.54) is 18.2 Å². The van der Waals surface area contributed by atoms with Gasteiger partial charge in [0.05, 0.1) is 5.69 Å². The van der Waals surface area contributed by atoms with Gasteiger partial charge in [-0.05, 0) is 42.3 Å². The van der Waals surface area contributed by atoms with E-state index in [2.05, 4.69) is 6.58 Å². The summed E-state index contributed by atoms with van der Waals surface area (Å²) < 4.78 is 13.1. The zero-order valence-corrected chi connectivity index (χ0v) is 12.9. The Labute approximate surface area is 133 Å². The molecule has 0 N–H and O–H groups in total. The van der Waals surface area contributed by atoms with Gasteiger partial charge in [-0.2, -0.15) is 0 Å². The Morgan fingerprint density at radius 1 is 1.23 bits per heavy atom. The minimum absolute atomic E-state index is 0.0900. The largest absolute Gasteiger partial charge is 0.308 e. The van der Waals surface area contributed by atoms with E-state index in [1.54, 1.807) is 16.7 Å². The Kier molecular flexibility index (Phi) is 4.29. The lowest BCUT2D eigenvalue weighted by atomic mass is 10.1. The number of benzene rings is 2. The van der Waals surface area contributed by atoms with Gasteiger partial charge in [0.15, 0.2) is 0 Å². The first-order valence-corrected chi connectivity index (χ1v) is 8.02. The lowest BCUT2D eigenvalue weighted by Gasteiger charge is -2.20. The van der Waals surface area contributed by atoms with Crippen LogP contribution in [-0.2, 0) is 4.79 Å². The van der Waals surface area contributed by atoms with E-state index in [-0.39, 0.29) is 17.0 Å². The van der Waals surface area contributed by atoms with Crippen LogP contribution in [-0.4, -0.2) is 12.5 Å². The molecule has 4 heteroatoms. The molecule has 2 aromatic carbocycles. The summed E-state index contributed by atoms with van der Waals surface area (Å²) >= 11 is 1.72. The van der Waals surface area contributed by atoms with Crippen molar-refractivity contribution in [2.24, 2.45) is 0 Å². The number of hydrogen-bond donors (Lipinski definition) is 0. The quantitative estimate of drug-likeness (QED) is 0.756. The molecule has 1 heterocycles. The third-order valence-electron chi connectivity index (χ3n) is 3.72. The Morgan fingerprint density at radius 3 is 2.68 bits per heavy atom. The number of fused-ring (bicyclic) bond motifs is 1. The molecule has 0 bridgehead atoms. The van der Waals surface area contributed by atoms with Crippen LogP contribution in [0.1, 0.15) is 17.2 Å². The van der Waals surface area contributed by atoms with Gasteiger partial charge in [0.25, 0.3) is 0 Å². The monoisotopic (exact) mass is 313 g/mol. The van der Waals surface area contributed by atoms with Gasteiger partial charge >= 0.3 is 0 Å². The maximum Gasteiger partial charge on any atom is 0.250 e. The number of para-hydroxylation sites is 1. The fourth-order valence-corrected chi connectivity index (χ4v) is 3.89. The van der Waals surface area contributed by atoms with Gasteiger partial charge in [-0.1, -0.05) is 30.8 Å². The number of rotatable bonds is 2. The molecule has 2 nitrogen and oxygen atoms in total. The number of carbonyl (C=O) groups is 1. The molecular weight excluding hydrogens is 297 g/mol. The third-order valence-corrected chi connectivity index (χ3v) is 5.11. The van der Waals surface area contributed by atoms with Crippen molar-refractivity contribution in [3.05, 3.63) is 72.6 Å². The summed E-state index contributed by atoms with van der Waals surface area (Å²) in [6.07, 6.45) is 2.16. The number of amides is 1. The van der Waals surface area contributed by atoms with Crippen LogP contribution in [0.5, 0.6) is 0 Å². The fourth-order valence-electron chi connectivity index (χ4n) is 2.61. The second-order valence-electron chi connectivity index (χ2n) is 5.11. The molecule has 1 unspecified atom stereocenters. The number of anilines is 1. The van der Waals surface area contributed by atoms with E-state index in [9.17, 15) is 9.18 Å². The second-order valence-corrected chi connectivity index (χ2v) is 6.35. The van der Waals surface area contributed by atoms with Crippen LogP contribution in [0.3, 0.4) is 0 Å². The molecular formula is C18H16FNOS. The van der Waals surface area contributed by atoms with Crippen molar-refractivity contribution in [2.75, 3.05) is 11.4 Å². The summed E-state index contributed by atoms with van der Waals surface area (Å²) in [6, 6.07) is 14.5. The minimum atomic E-state index is -0.230. The molecule has 1 amide bonds. The van der Waals surface area contributed by atoms with Crippen LogP contribution in [0.15, 0.2) is 66.1 Å². The molecule has 0 aliphatic carbocycles. The highest BCUT2D eigenvalue weighted by Gasteiger charge is 2.25. The van der Waals surface area contributed by atoms with Gasteiger partial charge < -0.3 is 4.90 Å². The van der Waals surface area contributed by atoms with Crippen LogP contribution in [0, 0.1) is 5.82 Å². The first-order chi connectivity index (χ1) is 10.7. The second kappa shape index (κ2) is 6.36. The van der Waals surface area contributed by atoms with Gasteiger partial charge in [-0.3, -0.25) is 4.79 Å². The van der Waals surface area contributed by atoms with E-state index in [0.717, 1.165) is 22.6 Å². The van der Waals surface area contributed by atoms with Crippen molar-refractivity contribution in [1.82, 2.24) is 0 Å². The SMILES string of the molecule is C=CC(=O)N1CCC(c2ccc(F)cc2)Sc2ccccc21. The van der Waals surface area contributed by atoms with Crippen molar-refractivity contribution in [3.63, 3.8) is 0 Å². The van der Waals surface area contributed by atoms with Crippen LogP contribution in [0.25, 0.3) is 0 Å². The summed E-state index contributed by atoms with van der Waals surface area (Å²) in [6.45, 7) is 4.21. The van der Waals surface area contributed by atoms with Crippen molar-refractivity contribution >= 4 is 23.4 Å². The predicted molar refractivity (Wildman–Crippen MR) is 88.6 cm³/mol. The number of thioether (sulfide) groups is 1. The summed E-state index contributed by atoms with van der Waals surface area (Å²) in [5.41, 5.74) is 2.00. The lowest BCUT2D eigenvalue weighted by Crippen LogP contribution is -2.30. The highest BCUT2D eigenvalue weighted by Crippen LogP contribution is 2.45. The van der Waals surface area contributed by atoms with Crippen molar-refractivity contribution in [2.45, 2.75) is 16.6 Å². The van der Waals surface area contributed by atoms with Gasteiger partial charge in [0.2, 0.25) is 5.91 Å². The van der Waals surface area contributed by atoms with Crippen LogP contribution in [0.4, 0.5) is 10.1 Å². The Hall–Kier alpha value is -2.07. The molecule has 3 rings (SSSR count).